The van der Waals surface area contributed by atoms with Crippen LogP contribution in [0.15, 0.2) is 24.3 Å². The number of methoxy groups -OCH3 is 1. The van der Waals surface area contributed by atoms with E-state index in [1.165, 1.54) is 0 Å². The Kier molecular flexibility index (Phi) is 2.69. The molecular formula is C13H16N2O. The Morgan fingerprint density at radius 2 is 1.81 bits per heavy atom. The van der Waals surface area contributed by atoms with Gasteiger partial charge in [0.15, 0.2) is 0 Å². The van der Waals surface area contributed by atoms with Crippen LogP contribution in [0.4, 0.5) is 5.82 Å². The average molecular weight is 216 g/mol. The SMILES string of the molecule is COc1c(C(C)C)nc(N)c2ccccc12. The number of nitrogens with zero attached hydrogens (tertiary/aromatic N) is 1. The Morgan fingerprint density at radius 1 is 1.19 bits per heavy atom. The van der Waals surface area contributed by atoms with Crippen LogP contribution >= 0.6 is 0 Å². The van der Waals surface area contributed by atoms with Crippen LogP contribution in [0.2, 0.25) is 0 Å². The molecule has 0 bridgehead atoms. The fraction of sp³-hybridized carbons (Fsp3) is 0.308. The van der Waals surface area contributed by atoms with Crippen molar-refractivity contribution < 1.29 is 4.74 Å². The molecule has 0 fully saturated rings. The summed E-state index contributed by atoms with van der Waals surface area (Å²) in [6.45, 7) is 4.16. The third-order valence-electron chi connectivity index (χ3n) is 2.67. The molecule has 0 aliphatic heterocycles. The van der Waals surface area contributed by atoms with Crippen LogP contribution in [0.3, 0.4) is 0 Å². The van der Waals surface area contributed by atoms with Crippen LogP contribution in [-0.4, -0.2) is 12.1 Å². The van der Waals surface area contributed by atoms with Crippen LogP contribution < -0.4 is 10.5 Å². The molecule has 3 nitrogen and oxygen atoms in total. The number of nitrogen functional groups attached to an aromatic ring is 1. The monoisotopic (exact) mass is 216 g/mol. The summed E-state index contributed by atoms with van der Waals surface area (Å²) in [4.78, 5) is 4.42. The highest BCUT2D eigenvalue weighted by atomic mass is 16.5. The Morgan fingerprint density at radius 3 is 2.38 bits per heavy atom. The number of benzene rings is 1. The molecule has 0 amide bonds. The van der Waals surface area contributed by atoms with Gasteiger partial charge in [0.2, 0.25) is 0 Å². The molecule has 0 radical (unpaired) electrons. The number of hydrogen-bond donors (Lipinski definition) is 1. The summed E-state index contributed by atoms with van der Waals surface area (Å²) >= 11 is 0. The van der Waals surface area contributed by atoms with E-state index in [9.17, 15) is 0 Å². The molecular weight excluding hydrogens is 200 g/mol. The maximum atomic E-state index is 5.95. The highest BCUT2D eigenvalue weighted by Crippen LogP contribution is 2.34. The second-order valence-electron chi connectivity index (χ2n) is 4.12. The van der Waals surface area contributed by atoms with Gasteiger partial charge in [0.05, 0.1) is 12.8 Å². The number of rotatable bonds is 2. The molecule has 0 aliphatic rings. The van der Waals surface area contributed by atoms with Gasteiger partial charge < -0.3 is 10.5 Å². The lowest BCUT2D eigenvalue weighted by atomic mass is 10.0. The van der Waals surface area contributed by atoms with Crippen molar-refractivity contribution in [1.29, 1.82) is 0 Å². The number of nitrogens with two attached hydrogens (primary N) is 1. The van der Waals surface area contributed by atoms with Gasteiger partial charge in [0, 0.05) is 10.8 Å². The van der Waals surface area contributed by atoms with Gasteiger partial charge in [0.25, 0.3) is 0 Å². The molecule has 0 saturated heterocycles. The quantitative estimate of drug-likeness (QED) is 0.839. The maximum Gasteiger partial charge on any atom is 0.148 e. The lowest BCUT2D eigenvalue weighted by molar-refractivity contribution is 0.410. The van der Waals surface area contributed by atoms with Crippen molar-refractivity contribution in [2.24, 2.45) is 0 Å². The predicted octanol–water partition coefficient (Wildman–Crippen LogP) is 2.95. The third-order valence-corrected chi connectivity index (χ3v) is 2.67. The number of hydrogen-bond acceptors (Lipinski definition) is 3. The summed E-state index contributed by atoms with van der Waals surface area (Å²) < 4.78 is 5.46. The zero-order valence-corrected chi connectivity index (χ0v) is 9.82. The second kappa shape index (κ2) is 4.00. The number of ether oxygens (including phenoxy) is 1. The molecule has 2 N–H and O–H groups in total. The first-order chi connectivity index (χ1) is 7.65. The van der Waals surface area contributed by atoms with Gasteiger partial charge in [-0.1, -0.05) is 38.1 Å². The van der Waals surface area contributed by atoms with Crippen LogP contribution in [0.1, 0.15) is 25.5 Å². The first kappa shape index (κ1) is 10.7. The standard InChI is InChI=1S/C13H16N2O/c1-8(2)11-12(16-3)9-6-4-5-7-10(9)13(14)15-11/h4-8H,1-3H3,(H2,14,15). The summed E-state index contributed by atoms with van der Waals surface area (Å²) in [6, 6.07) is 7.91. The summed E-state index contributed by atoms with van der Waals surface area (Å²) in [7, 11) is 1.67. The third kappa shape index (κ3) is 1.58. The zero-order valence-electron chi connectivity index (χ0n) is 9.82. The van der Waals surface area contributed by atoms with Crippen molar-refractivity contribution >= 4 is 16.6 Å². The van der Waals surface area contributed by atoms with E-state index >= 15 is 0 Å². The summed E-state index contributed by atoms with van der Waals surface area (Å²) in [5, 5.41) is 1.98. The number of fused-ring (bicyclic) bond motifs is 1. The van der Waals surface area contributed by atoms with E-state index in [0.717, 1.165) is 22.2 Å². The molecule has 3 heteroatoms. The van der Waals surface area contributed by atoms with Gasteiger partial charge in [-0.2, -0.15) is 0 Å². The van der Waals surface area contributed by atoms with E-state index in [0.29, 0.717) is 11.7 Å². The Labute approximate surface area is 95.2 Å². The van der Waals surface area contributed by atoms with Gasteiger partial charge >= 0.3 is 0 Å². The second-order valence-corrected chi connectivity index (χ2v) is 4.12. The molecule has 0 atom stereocenters. The Balaban J connectivity index is 2.85. The van der Waals surface area contributed by atoms with Crippen LogP contribution in [0.5, 0.6) is 5.75 Å². The molecule has 1 heterocycles. The van der Waals surface area contributed by atoms with Crippen molar-refractivity contribution in [3.63, 3.8) is 0 Å². The number of aromatic nitrogens is 1. The van der Waals surface area contributed by atoms with E-state index in [2.05, 4.69) is 18.8 Å². The molecule has 1 aromatic heterocycles. The van der Waals surface area contributed by atoms with Crippen molar-refractivity contribution in [3.8, 4) is 5.75 Å². The van der Waals surface area contributed by atoms with Crippen molar-refractivity contribution in [2.75, 3.05) is 12.8 Å². The summed E-state index contributed by atoms with van der Waals surface area (Å²) in [5.74, 6) is 1.70. The van der Waals surface area contributed by atoms with Gasteiger partial charge in [-0.15, -0.1) is 0 Å². The minimum absolute atomic E-state index is 0.293. The fourth-order valence-corrected chi connectivity index (χ4v) is 1.89. The molecule has 0 aliphatic carbocycles. The molecule has 0 spiro atoms. The van der Waals surface area contributed by atoms with E-state index in [4.69, 9.17) is 10.5 Å². The normalized spacial score (nSPS) is 11.0. The number of anilines is 1. The van der Waals surface area contributed by atoms with Crippen LogP contribution in [-0.2, 0) is 0 Å². The molecule has 2 aromatic rings. The highest BCUT2D eigenvalue weighted by Gasteiger charge is 2.14. The minimum Gasteiger partial charge on any atom is -0.494 e. The molecule has 16 heavy (non-hydrogen) atoms. The molecule has 0 unspecified atom stereocenters. The van der Waals surface area contributed by atoms with E-state index < -0.39 is 0 Å². The topological polar surface area (TPSA) is 48.1 Å². The van der Waals surface area contributed by atoms with E-state index in [1.807, 2.05) is 24.3 Å². The maximum absolute atomic E-state index is 5.95. The molecule has 2 rings (SSSR count). The molecule has 1 aromatic carbocycles. The highest BCUT2D eigenvalue weighted by molar-refractivity contribution is 5.96. The first-order valence-electron chi connectivity index (χ1n) is 5.37. The molecule has 0 saturated carbocycles. The minimum atomic E-state index is 0.293. The zero-order chi connectivity index (χ0) is 11.7. The smallest absolute Gasteiger partial charge is 0.148 e. The largest absolute Gasteiger partial charge is 0.494 e. The van der Waals surface area contributed by atoms with Gasteiger partial charge in [-0.3, -0.25) is 0 Å². The number of pyridine rings is 1. The van der Waals surface area contributed by atoms with E-state index in [1.54, 1.807) is 7.11 Å². The van der Waals surface area contributed by atoms with Crippen LogP contribution in [0.25, 0.3) is 10.8 Å². The van der Waals surface area contributed by atoms with Gasteiger partial charge in [-0.05, 0) is 5.92 Å². The van der Waals surface area contributed by atoms with Gasteiger partial charge in [0.1, 0.15) is 11.6 Å². The van der Waals surface area contributed by atoms with Crippen molar-refractivity contribution in [3.05, 3.63) is 30.0 Å². The summed E-state index contributed by atoms with van der Waals surface area (Å²) in [5.41, 5.74) is 6.87. The van der Waals surface area contributed by atoms with Gasteiger partial charge in [-0.25, -0.2) is 4.98 Å². The first-order valence-corrected chi connectivity index (χ1v) is 5.37. The summed E-state index contributed by atoms with van der Waals surface area (Å²) in [6.07, 6.45) is 0. The average Bonchev–Trinajstić information content (AvgIpc) is 2.29. The molecule has 84 valence electrons. The Hall–Kier alpha value is -1.77. The van der Waals surface area contributed by atoms with Crippen molar-refractivity contribution in [1.82, 2.24) is 4.98 Å². The van der Waals surface area contributed by atoms with Crippen molar-refractivity contribution in [2.45, 2.75) is 19.8 Å². The lowest BCUT2D eigenvalue weighted by Crippen LogP contribution is -2.03. The fourth-order valence-electron chi connectivity index (χ4n) is 1.89. The Bertz CT molecular complexity index is 521. The van der Waals surface area contributed by atoms with E-state index in [-0.39, 0.29) is 0 Å². The van der Waals surface area contributed by atoms with Crippen LogP contribution in [0, 0.1) is 0 Å². The predicted molar refractivity (Wildman–Crippen MR) is 66.8 cm³/mol. The lowest BCUT2D eigenvalue weighted by Gasteiger charge is -2.14.